The van der Waals surface area contributed by atoms with Gasteiger partial charge in [0.1, 0.15) is 0 Å². The second-order valence-corrected chi connectivity index (χ2v) is 7.68. The largest absolute Gasteiger partial charge is 0.350 e. The van der Waals surface area contributed by atoms with Gasteiger partial charge in [0.05, 0.1) is 6.04 Å². The SMILES string of the molecule is CC(NC(=O)CCN(Cc1ccccc1)C(=O)C1CCCC1)c1ccccc1. The predicted molar refractivity (Wildman–Crippen MR) is 111 cm³/mol. The summed E-state index contributed by atoms with van der Waals surface area (Å²) in [6.45, 7) is 3.01. The minimum absolute atomic E-state index is 0.0198. The topological polar surface area (TPSA) is 49.4 Å². The van der Waals surface area contributed by atoms with Gasteiger partial charge in [0.2, 0.25) is 11.8 Å². The minimum Gasteiger partial charge on any atom is -0.350 e. The molecule has 0 aromatic heterocycles. The smallest absolute Gasteiger partial charge is 0.225 e. The van der Waals surface area contributed by atoms with Crippen LogP contribution in [0.1, 0.15) is 56.2 Å². The first-order valence-corrected chi connectivity index (χ1v) is 10.3. The summed E-state index contributed by atoms with van der Waals surface area (Å²) in [5.74, 6) is 0.300. The zero-order valence-electron chi connectivity index (χ0n) is 16.6. The molecule has 0 bridgehead atoms. The van der Waals surface area contributed by atoms with Crippen LogP contribution >= 0.6 is 0 Å². The van der Waals surface area contributed by atoms with Gasteiger partial charge in [-0.25, -0.2) is 0 Å². The molecule has 148 valence electrons. The van der Waals surface area contributed by atoms with Crippen molar-refractivity contribution in [3.8, 4) is 0 Å². The Labute approximate surface area is 167 Å². The van der Waals surface area contributed by atoms with E-state index in [-0.39, 0.29) is 23.8 Å². The van der Waals surface area contributed by atoms with Crippen LogP contribution in [0, 0.1) is 5.92 Å². The second-order valence-electron chi connectivity index (χ2n) is 7.68. The van der Waals surface area contributed by atoms with Crippen molar-refractivity contribution in [3.63, 3.8) is 0 Å². The van der Waals surface area contributed by atoms with Crippen LogP contribution in [0.4, 0.5) is 0 Å². The van der Waals surface area contributed by atoms with E-state index in [1.807, 2.05) is 72.5 Å². The van der Waals surface area contributed by atoms with Gasteiger partial charge < -0.3 is 10.2 Å². The van der Waals surface area contributed by atoms with Crippen LogP contribution in [0.25, 0.3) is 0 Å². The fourth-order valence-electron chi connectivity index (χ4n) is 3.88. The van der Waals surface area contributed by atoms with Gasteiger partial charge in [0, 0.05) is 25.4 Å². The number of rotatable bonds is 8. The zero-order chi connectivity index (χ0) is 19.8. The summed E-state index contributed by atoms with van der Waals surface area (Å²) >= 11 is 0. The number of hydrogen-bond acceptors (Lipinski definition) is 2. The molecule has 28 heavy (non-hydrogen) atoms. The molecule has 0 heterocycles. The number of carbonyl (C=O) groups excluding carboxylic acids is 2. The van der Waals surface area contributed by atoms with Crippen molar-refractivity contribution in [2.45, 2.75) is 51.6 Å². The van der Waals surface area contributed by atoms with Crippen LogP contribution in [0.5, 0.6) is 0 Å². The lowest BCUT2D eigenvalue weighted by Crippen LogP contribution is -2.38. The van der Waals surface area contributed by atoms with Gasteiger partial charge >= 0.3 is 0 Å². The zero-order valence-corrected chi connectivity index (χ0v) is 16.6. The highest BCUT2D eigenvalue weighted by molar-refractivity contribution is 5.81. The van der Waals surface area contributed by atoms with Crippen LogP contribution in [-0.2, 0) is 16.1 Å². The molecule has 1 fully saturated rings. The van der Waals surface area contributed by atoms with Crippen LogP contribution < -0.4 is 5.32 Å². The molecule has 0 radical (unpaired) electrons. The molecule has 4 heteroatoms. The first kappa shape index (κ1) is 20.1. The Morgan fingerprint density at radius 1 is 1.00 bits per heavy atom. The number of nitrogens with one attached hydrogen (secondary N) is 1. The minimum atomic E-state index is -0.0400. The Morgan fingerprint density at radius 2 is 1.61 bits per heavy atom. The van der Waals surface area contributed by atoms with Crippen LogP contribution in [0.15, 0.2) is 60.7 Å². The molecular formula is C24H30N2O2. The summed E-state index contributed by atoms with van der Waals surface area (Å²) in [6, 6.07) is 19.9. The Balaban J connectivity index is 1.58. The van der Waals surface area contributed by atoms with Crippen molar-refractivity contribution in [1.82, 2.24) is 10.2 Å². The van der Waals surface area contributed by atoms with Crippen molar-refractivity contribution < 1.29 is 9.59 Å². The fourth-order valence-corrected chi connectivity index (χ4v) is 3.88. The van der Waals surface area contributed by atoms with E-state index in [2.05, 4.69) is 5.32 Å². The van der Waals surface area contributed by atoms with Gasteiger partial charge in [-0.2, -0.15) is 0 Å². The maximum Gasteiger partial charge on any atom is 0.225 e. The first-order valence-electron chi connectivity index (χ1n) is 10.3. The van der Waals surface area contributed by atoms with Gasteiger partial charge in [0.15, 0.2) is 0 Å². The van der Waals surface area contributed by atoms with E-state index in [4.69, 9.17) is 0 Å². The monoisotopic (exact) mass is 378 g/mol. The highest BCUT2D eigenvalue weighted by Crippen LogP contribution is 2.27. The average molecular weight is 379 g/mol. The Morgan fingerprint density at radius 3 is 2.25 bits per heavy atom. The van der Waals surface area contributed by atoms with Gasteiger partial charge in [-0.3, -0.25) is 9.59 Å². The number of hydrogen-bond donors (Lipinski definition) is 1. The predicted octanol–water partition coefficient (Wildman–Crippen LogP) is 4.47. The van der Waals surface area contributed by atoms with Gasteiger partial charge in [-0.05, 0) is 30.9 Å². The second kappa shape index (κ2) is 10.1. The van der Waals surface area contributed by atoms with E-state index in [1.165, 1.54) is 0 Å². The number of amides is 2. The summed E-state index contributed by atoms with van der Waals surface area (Å²) < 4.78 is 0. The standard InChI is InChI=1S/C24H30N2O2/c1-19(21-12-6-3-7-13-21)25-23(27)16-17-26(18-20-10-4-2-5-11-20)24(28)22-14-8-9-15-22/h2-7,10-13,19,22H,8-9,14-18H2,1H3,(H,25,27). The molecule has 0 saturated heterocycles. The van der Waals surface area contributed by atoms with E-state index in [0.29, 0.717) is 19.5 Å². The molecule has 1 N–H and O–H groups in total. The number of nitrogens with zero attached hydrogens (tertiary/aromatic N) is 1. The first-order chi connectivity index (χ1) is 13.6. The maximum atomic E-state index is 13.0. The van der Waals surface area contributed by atoms with Gasteiger partial charge in [-0.15, -0.1) is 0 Å². The third kappa shape index (κ3) is 5.69. The summed E-state index contributed by atoms with van der Waals surface area (Å²) in [6.07, 6.45) is 4.53. The molecule has 2 amide bonds. The molecular weight excluding hydrogens is 348 g/mol. The molecule has 0 spiro atoms. The van der Waals surface area contributed by atoms with Crippen molar-refractivity contribution in [2.75, 3.05) is 6.54 Å². The van der Waals surface area contributed by atoms with Crippen molar-refractivity contribution >= 4 is 11.8 Å². The maximum absolute atomic E-state index is 13.0. The Kier molecular flexibility index (Phi) is 7.24. The number of benzene rings is 2. The van der Waals surface area contributed by atoms with Crippen molar-refractivity contribution in [3.05, 3.63) is 71.8 Å². The van der Waals surface area contributed by atoms with Crippen LogP contribution in [0.2, 0.25) is 0 Å². The van der Waals surface area contributed by atoms with E-state index in [1.54, 1.807) is 0 Å². The molecule has 1 aliphatic rings. The normalized spacial score (nSPS) is 15.2. The van der Waals surface area contributed by atoms with E-state index >= 15 is 0 Å². The Hall–Kier alpha value is -2.62. The highest BCUT2D eigenvalue weighted by Gasteiger charge is 2.27. The summed E-state index contributed by atoms with van der Waals surface area (Å²) in [4.78, 5) is 27.4. The van der Waals surface area contributed by atoms with Gasteiger partial charge in [-0.1, -0.05) is 73.5 Å². The summed E-state index contributed by atoms with van der Waals surface area (Å²) in [5, 5.41) is 3.05. The Bertz CT molecular complexity index is 755. The average Bonchev–Trinajstić information content (AvgIpc) is 3.27. The molecule has 1 unspecified atom stereocenters. The molecule has 1 aliphatic carbocycles. The van der Waals surface area contributed by atoms with E-state index in [9.17, 15) is 9.59 Å². The molecule has 1 atom stereocenters. The van der Waals surface area contributed by atoms with Crippen molar-refractivity contribution in [1.29, 1.82) is 0 Å². The van der Waals surface area contributed by atoms with Crippen LogP contribution in [-0.4, -0.2) is 23.3 Å². The molecule has 0 aliphatic heterocycles. The quantitative estimate of drug-likeness (QED) is 0.737. The van der Waals surface area contributed by atoms with Crippen molar-refractivity contribution in [2.24, 2.45) is 5.92 Å². The molecule has 1 saturated carbocycles. The van der Waals surface area contributed by atoms with Crippen LogP contribution in [0.3, 0.4) is 0 Å². The summed E-state index contributed by atoms with van der Waals surface area (Å²) in [5.41, 5.74) is 2.19. The third-order valence-corrected chi connectivity index (χ3v) is 5.52. The summed E-state index contributed by atoms with van der Waals surface area (Å²) in [7, 11) is 0. The lowest BCUT2D eigenvalue weighted by atomic mass is 10.1. The fraction of sp³-hybridized carbons (Fsp3) is 0.417. The molecule has 2 aromatic rings. The molecule has 2 aromatic carbocycles. The molecule has 4 nitrogen and oxygen atoms in total. The van der Waals surface area contributed by atoms with E-state index < -0.39 is 0 Å². The molecule has 3 rings (SSSR count). The third-order valence-electron chi connectivity index (χ3n) is 5.52. The number of carbonyl (C=O) groups is 2. The lowest BCUT2D eigenvalue weighted by Gasteiger charge is -2.26. The highest BCUT2D eigenvalue weighted by atomic mass is 16.2. The lowest BCUT2D eigenvalue weighted by molar-refractivity contribution is -0.136. The van der Waals surface area contributed by atoms with E-state index in [0.717, 1.165) is 36.8 Å². The van der Waals surface area contributed by atoms with Gasteiger partial charge in [0.25, 0.3) is 0 Å².